The van der Waals surface area contributed by atoms with Crippen LogP contribution in [0.15, 0.2) is 60.7 Å². The van der Waals surface area contributed by atoms with Gasteiger partial charge in [0.15, 0.2) is 0 Å². The molecule has 4 rings (SSSR count). The monoisotopic (exact) mass is 415 g/mol. The van der Waals surface area contributed by atoms with Crippen LogP contribution >= 0.6 is 11.6 Å². The number of benzene rings is 2. The van der Waals surface area contributed by atoms with Gasteiger partial charge in [-0.05, 0) is 61.6 Å². The van der Waals surface area contributed by atoms with E-state index in [-0.39, 0.29) is 41.4 Å². The van der Waals surface area contributed by atoms with Crippen molar-refractivity contribution in [1.82, 2.24) is 4.98 Å². The Morgan fingerprint density at radius 1 is 0.966 bits per heavy atom. The first-order chi connectivity index (χ1) is 13.6. The molecule has 1 aliphatic carbocycles. The number of pyridine rings is 1. The van der Waals surface area contributed by atoms with Crippen LogP contribution in [0.3, 0.4) is 0 Å². The van der Waals surface area contributed by atoms with E-state index in [4.69, 9.17) is 16.3 Å². The van der Waals surface area contributed by atoms with Crippen molar-refractivity contribution >= 4 is 17.6 Å². The van der Waals surface area contributed by atoms with Crippen LogP contribution in [0.4, 0.5) is 0 Å². The molecule has 0 bridgehead atoms. The molecule has 0 radical (unpaired) electrons. The number of nitrogens with zero attached hydrogens (tertiary/aromatic N) is 1. The number of halogens is 1. The SMILES string of the molecule is O=C([O-])c1cccc(-c2ccccc2-c2cc(Cl)ccc2OC2CCCC2)n1.[Na+]. The molecule has 1 aliphatic rings. The summed E-state index contributed by atoms with van der Waals surface area (Å²) in [6.45, 7) is 0. The molecule has 0 N–H and O–H groups in total. The number of rotatable bonds is 5. The molecule has 0 amide bonds. The first-order valence-electron chi connectivity index (χ1n) is 9.36. The van der Waals surface area contributed by atoms with Crippen LogP contribution in [-0.4, -0.2) is 17.1 Å². The predicted molar refractivity (Wildman–Crippen MR) is 107 cm³/mol. The minimum absolute atomic E-state index is 0. The van der Waals surface area contributed by atoms with Gasteiger partial charge >= 0.3 is 29.6 Å². The van der Waals surface area contributed by atoms with Gasteiger partial charge in [0.05, 0.1) is 23.5 Å². The van der Waals surface area contributed by atoms with Crippen LogP contribution < -0.4 is 39.4 Å². The number of hydrogen-bond acceptors (Lipinski definition) is 4. The topological polar surface area (TPSA) is 62.2 Å². The quantitative estimate of drug-likeness (QED) is 0.596. The number of aromatic carboxylic acids is 1. The number of ether oxygens (including phenoxy) is 1. The average Bonchev–Trinajstić information content (AvgIpc) is 3.22. The molecule has 4 nitrogen and oxygen atoms in total. The second kappa shape index (κ2) is 9.77. The molecule has 0 atom stereocenters. The Kier molecular flexibility index (Phi) is 7.36. The number of hydrogen-bond donors (Lipinski definition) is 0. The Balaban J connectivity index is 0.00000240. The van der Waals surface area contributed by atoms with Gasteiger partial charge in [-0.3, -0.25) is 0 Å². The Bertz CT molecular complexity index is 1020. The molecule has 2 aromatic carbocycles. The first-order valence-corrected chi connectivity index (χ1v) is 9.74. The fourth-order valence-electron chi connectivity index (χ4n) is 3.64. The smallest absolute Gasteiger partial charge is 0.543 e. The van der Waals surface area contributed by atoms with Gasteiger partial charge < -0.3 is 14.6 Å². The molecule has 6 heteroatoms. The van der Waals surface area contributed by atoms with E-state index in [0.717, 1.165) is 35.3 Å². The van der Waals surface area contributed by atoms with E-state index < -0.39 is 5.97 Å². The van der Waals surface area contributed by atoms with Crippen molar-refractivity contribution in [3.63, 3.8) is 0 Å². The summed E-state index contributed by atoms with van der Waals surface area (Å²) >= 11 is 6.29. The Hall–Kier alpha value is -1.85. The fourth-order valence-corrected chi connectivity index (χ4v) is 3.81. The Labute approximate surface area is 197 Å². The van der Waals surface area contributed by atoms with Gasteiger partial charge in [0.25, 0.3) is 0 Å². The van der Waals surface area contributed by atoms with Gasteiger partial charge in [0.1, 0.15) is 5.75 Å². The molecule has 29 heavy (non-hydrogen) atoms. The summed E-state index contributed by atoms with van der Waals surface area (Å²) in [5, 5.41) is 11.8. The van der Waals surface area contributed by atoms with Crippen molar-refractivity contribution in [2.24, 2.45) is 0 Å². The summed E-state index contributed by atoms with van der Waals surface area (Å²) in [6.07, 6.45) is 4.69. The van der Waals surface area contributed by atoms with Crippen LogP contribution in [0, 0.1) is 0 Å². The first kappa shape index (κ1) is 21.8. The van der Waals surface area contributed by atoms with Crippen molar-refractivity contribution in [2.45, 2.75) is 31.8 Å². The molecular formula is C23H19ClNNaO3. The molecule has 0 unspecified atom stereocenters. The molecule has 0 aliphatic heterocycles. The van der Waals surface area contributed by atoms with Gasteiger partial charge in [-0.2, -0.15) is 0 Å². The summed E-state index contributed by atoms with van der Waals surface area (Å²) in [5.74, 6) is -0.521. The molecule has 1 fully saturated rings. The summed E-state index contributed by atoms with van der Waals surface area (Å²) in [4.78, 5) is 15.5. The zero-order valence-electron chi connectivity index (χ0n) is 16.2. The molecule has 1 saturated carbocycles. The minimum Gasteiger partial charge on any atom is -0.543 e. The standard InChI is InChI=1S/C23H20ClNO3.Na/c24-15-12-13-22(28-16-6-1-2-7-16)19(14-15)17-8-3-4-9-18(17)20-10-5-11-21(25-20)23(26)27;/h3-5,8-14,16H,1-2,6-7H2,(H,26,27);/q;+1/p-1. The molecule has 3 aromatic rings. The molecule has 142 valence electrons. The molecule has 0 spiro atoms. The number of carboxylic acid groups (broad SMARTS) is 1. The van der Waals surface area contributed by atoms with E-state index in [0.29, 0.717) is 10.7 Å². The average molecular weight is 416 g/mol. The molecule has 0 saturated heterocycles. The van der Waals surface area contributed by atoms with E-state index in [2.05, 4.69) is 4.98 Å². The van der Waals surface area contributed by atoms with E-state index in [1.807, 2.05) is 42.5 Å². The molecular weight excluding hydrogens is 397 g/mol. The van der Waals surface area contributed by atoms with Crippen molar-refractivity contribution in [1.29, 1.82) is 0 Å². The summed E-state index contributed by atoms with van der Waals surface area (Å²) in [5.41, 5.74) is 3.03. The van der Waals surface area contributed by atoms with Gasteiger partial charge in [0, 0.05) is 16.1 Å². The second-order valence-electron chi connectivity index (χ2n) is 6.91. The van der Waals surface area contributed by atoms with E-state index >= 15 is 0 Å². The number of carbonyl (C=O) groups is 1. The van der Waals surface area contributed by atoms with Crippen LogP contribution in [0.1, 0.15) is 36.2 Å². The normalized spacial score (nSPS) is 13.7. The maximum Gasteiger partial charge on any atom is 1.00 e. The van der Waals surface area contributed by atoms with E-state index in [1.165, 1.54) is 18.9 Å². The van der Waals surface area contributed by atoms with Crippen LogP contribution in [0.5, 0.6) is 5.75 Å². The maximum absolute atomic E-state index is 11.2. The zero-order chi connectivity index (χ0) is 19.5. The Morgan fingerprint density at radius 2 is 1.69 bits per heavy atom. The second-order valence-corrected chi connectivity index (χ2v) is 7.34. The minimum atomic E-state index is -1.30. The van der Waals surface area contributed by atoms with E-state index in [1.54, 1.807) is 12.1 Å². The third-order valence-electron chi connectivity index (χ3n) is 4.99. The van der Waals surface area contributed by atoms with Crippen molar-refractivity contribution in [3.05, 3.63) is 71.4 Å². The summed E-state index contributed by atoms with van der Waals surface area (Å²) in [6, 6.07) is 18.2. The third-order valence-corrected chi connectivity index (χ3v) is 5.22. The van der Waals surface area contributed by atoms with E-state index in [9.17, 15) is 9.90 Å². The zero-order valence-corrected chi connectivity index (χ0v) is 19.0. The number of carbonyl (C=O) groups excluding carboxylic acids is 1. The van der Waals surface area contributed by atoms with Crippen molar-refractivity contribution in [2.75, 3.05) is 0 Å². The van der Waals surface area contributed by atoms with Gasteiger partial charge in [-0.15, -0.1) is 0 Å². The molecule has 1 aromatic heterocycles. The van der Waals surface area contributed by atoms with Gasteiger partial charge in [0.2, 0.25) is 0 Å². The predicted octanol–water partition coefficient (Wildman–Crippen LogP) is 1.76. The van der Waals surface area contributed by atoms with Crippen LogP contribution in [0.2, 0.25) is 5.02 Å². The largest absolute Gasteiger partial charge is 1.00 e. The maximum atomic E-state index is 11.2. The summed E-state index contributed by atoms with van der Waals surface area (Å²) in [7, 11) is 0. The third kappa shape index (κ3) is 5.01. The van der Waals surface area contributed by atoms with Gasteiger partial charge in [-0.25, -0.2) is 4.98 Å². The fraction of sp³-hybridized carbons (Fsp3) is 0.217. The Morgan fingerprint density at radius 3 is 2.41 bits per heavy atom. The summed E-state index contributed by atoms with van der Waals surface area (Å²) < 4.78 is 6.29. The van der Waals surface area contributed by atoms with Crippen LogP contribution in [-0.2, 0) is 0 Å². The number of aromatic nitrogens is 1. The molecule has 1 heterocycles. The van der Waals surface area contributed by atoms with Crippen molar-refractivity contribution in [3.8, 4) is 28.1 Å². The number of carboxylic acids is 1. The van der Waals surface area contributed by atoms with Crippen molar-refractivity contribution < 1.29 is 44.2 Å². The van der Waals surface area contributed by atoms with Crippen LogP contribution in [0.25, 0.3) is 22.4 Å². The van der Waals surface area contributed by atoms with Gasteiger partial charge in [-0.1, -0.05) is 41.9 Å².